The minimum absolute atomic E-state index is 0.0866. The lowest BCUT2D eigenvalue weighted by molar-refractivity contribution is -0.145. The first-order chi connectivity index (χ1) is 12.0. The largest absolute Gasteiger partial charge is 0.480 e. The maximum absolute atomic E-state index is 12.2. The summed E-state index contributed by atoms with van der Waals surface area (Å²) in [4.78, 5) is 28.8. The molecule has 1 N–H and O–H groups in total. The van der Waals surface area contributed by atoms with Crippen LogP contribution in [0.5, 0.6) is 0 Å². The predicted molar refractivity (Wildman–Crippen MR) is 90.1 cm³/mol. The van der Waals surface area contributed by atoms with E-state index in [1.165, 1.54) is 4.90 Å². The summed E-state index contributed by atoms with van der Waals surface area (Å²) >= 11 is 5.85. The van der Waals surface area contributed by atoms with E-state index < -0.39 is 5.97 Å². The molecule has 1 amide bonds. The number of rotatable bonds is 8. The first kappa shape index (κ1) is 17.4. The summed E-state index contributed by atoms with van der Waals surface area (Å²) in [5, 5.41) is 13.5. The standard InChI is InChI=1S/C17H18ClN3O4/c18-12-6-4-11(5-7-12)17-19-14(25-20-17)2-1-3-15(22)21(10-16(23)24)13-8-9-13/h4-7,13H,1-3,8-10H2,(H,23,24). The summed E-state index contributed by atoms with van der Waals surface area (Å²) in [5.74, 6) is -0.190. The van der Waals surface area contributed by atoms with Crippen molar-refractivity contribution in [2.75, 3.05) is 6.54 Å². The van der Waals surface area contributed by atoms with Crippen LogP contribution in [0.25, 0.3) is 11.4 Å². The van der Waals surface area contributed by atoms with Crippen LogP contribution < -0.4 is 0 Å². The van der Waals surface area contributed by atoms with Crippen molar-refractivity contribution in [2.45, 2.75) is 38.1 Å². The van der Waals surface area contributed by atoms with Crippen LogP contribution >= 0.6 is 11.6 Å². The normalized spacial score (nSPS) is 13.6. The molecule has 1 aliphatic carbocycles. The van der Waals surface area contributed by atoms with Crippen LogP contribution in [-0.4, -0.2) is 44.6 Å². The molecule has 0 bridgehead atoms. The van der Waals surface area contributed by atoms with E-state index in [4.69, 9.17) is 21.2 Å². The molecule has 3 rings (SSSR count). The van der Waals surface area contributed by atoms with E-state index in [1.807, 2.05) is 0 Å². The van der Waals surface area contributed by atoms with Crippen molar-refractivity contribution in [3.63, 3.8) is 0 Å². The van der Waals surface area contributed by atoms with E-state index in [0.29, 0.717) is 29.6 Å². The van der Waals surface area contributed by atoms with E-state index in [0.717, 1.165) is 18.4 Å². The van der Waals surface area contributed by atoms with Crippen LogP contribution in [0.2, 0.25) is 5.02 Å². The fourth-order valence-electron chi connectivity index (χ4n) is 2.56. The first-order valence-corrected chi connectivity index (χ1v) is 8.50. The molecule has 0 unspecified atom stereocenters. The van der Waals surface area contributed by atoms with Gasteiger partial charge in [0.25, 0.3) is 0 Å². The summed E-state index contributed by atoms with van der Waals surface area (Å²) in [7, 11) is 0. The fraction of sp³-hybridized carbons (Fsp3) is 0.412. The fourth-order valence-corrected chi connectivity index (χ4v) is 2.69. The zero-order valence-corrected chi connectivity index (χ0v) is 14.3. The number of amides is 1. The molecule has 1 heterocycles. The van der Waals surface area contributed by atoms with Crippen molar-refractivity contribution >= 4 is 23.5 Å². The molecule has 1 aliphatic rings. The molecule has 0 spiro atoms. The SMILES string of the molecule is O=C(O)CN(C(=O)CCCc1nc(-c2ccc(Cl)cc2)no1)C1CC1. The number of halogens is 1. The van der Waals surface area contributed by atoms with Crippen molar-refractivity contribution in [3.05, 3.63) is 35.2 Å². The third kappa shape index (κ3) is 4.79. The Morgan fingerprint density at radius 1 is 1.28 bits per heavy atom. The molecule has 1 aromatic carbocycles. The van der Waals surface area contributed by atoms with Gasteiger partial charge in [0.2, 0.25) is 17.6 Å². The average Bonchev–Trinajstić information content (AvgIpc) is 3.31. The Bertz CT molecular complexity index is 756. The van der Waals surface area contributed by atoms with Crippen LogP contribution in [-0.2, 0) is 16.0 Å². The summed E-state index contributed by atoms with van der Waals surface area (Å²) in [6.45, 7) is -0.231. The van der Waals surface area contributed by atoms with Gasteiger partial charge in [-0.1, -0.05) is 16.8 Å². The van der Waals surface area contributed by atoms with E-state index in [2.05, 4.69) is 10.1 Å². The number of carboxylic acids is 1. The number of carboxylic acid groups (broad SMARTS) is 1. The second kappa shape index (κ2) is 7.65. The molecule has 0 radical (unpaired) electrons. The minimum Gasteiger partial charge on any atom is -0.480 e. The molecule has 0 saturated heterocycles. The quantitative estimate of drug-likeness (QED) is 0.774. The van der Waals surface area contributed by atoms with Gasteiger partial charge in [-0.15, -0.1) is 0 Å². The highest BCUT2D eigenvalue weighted by Crippen LogP contribution is 2.27. The van der Waals surface area contributed by atoms with Crippen LogP contribution in [0.15, 0.2) is 28.8 Å². The lowest BCUT2D eigenvalue weighted by atomic mass is 10.2. The predicted octanol–water partition coefficient (Wildman–Crippen LogP) is 2.79. The Morgan fingerprint density at radius 2 is 2.00 bits per heavy atom. The molecule has 132 valence electrons. The zero-order valence-electron chi connectivity index (χ0n) is 13.5. The number of carbonyl (C=O) groups excluding carboxylic acids is 1. The molecule has 7 nitrogen and oxygen atoms in total. The number of hydrogen-bond donors (Lipinski definition) is 1. The van der Waals surface area contributed by atoms with Gasteiger partial charge < -0.3 is 14.5 Å². The van der Waals surface area contributed by atoms with Gasteiger partial charge >= 0.3 is 5.97 Å². The second-order valence-corrected chi connectivity index (χ2v) is 6.46. The maximum atomic E-state index is 12.2. The third-order valence-electron chi connectivity index (χ3n) is 3.97. The van der Waals surface area contributed by atoms with Crippen LogP contribution in [0.3, 0.4) is 0 Å². The Morgan fingerprint density at radius 3 is 2.64 bits per heavy atom. The molecular formula is C17H18ClN3O4. The van der Waals surface area contributed by atoms with E-state index in [9.17, 15) is 9.59 Å². The molecule has 2 aromatic rings. The number of aromatic nitrogens is 2. The first-order valence-electron chi connectivity index (χ1n) is 8.12. The van der Waals surface area contributed by atoms with Gasteiger partial charge in [0.1, 0.15) is 6.54 Å². The van der Waals surface area contributed by atoms with Crippen molar-refractivity contribution in [1.29, 1.82) is 0 Å². The van der Waals surface area contributed by atoms with Gasteiger partial charge in [0.15, 0.2) is 0 Å². The molecule has 0 aliphatic heterocycles. The Kier molecular flexibility index (Phi) is 5.33. The molecule has 1 fully saturated rings. The summed E-state index contributed by atoms with van der Waals surface area (Å²) in [6, 6.07) is 7.20. The topological polar surface area (TPSA) is 96.5 Å². The Balaban J connectivity index is 1.51. The molecule has 25 heavy (non-hydrogen) atoms. The second-order valence-electron chi connectivity index (χ2n) is 6.02. The van der Waals surface area contributed by atoms with Crippen LogP contribution in [0.1, 0.15) is 31.6 Å². The summed E-state index contributed by atoms with van der Waals surface area (Å²) in [5.41, 5.74) is 0.803. The van der Waals surface area contributed by atoms with Gasteiger partial charge in [0, 0.05) is 29.5 Å². The number of hydrogen-bond acceptors (Lipinski definition) is 5. The smallest absolute Gasteiger partial charge is 0.323 e. The Hall–Kier alpha value is -2.41. The number of aryl methyl sites for hydroxylation is 1. The number of benzene rings is 1. The van der Waals surface area contributed by atoms with Crippen molar-refractivity contribution in [3.8, 4) is 11.4 Å². The maximum Gasteiger partial charge on any atom is 0.323 e. The molecule has 0 atom stereocenters. The van der Waals surface area contributed by atoms with Gasteiger partial charge in [-0.2, -0.15) is 4.98 Å². The Labute approximate surface area is 149 Å². The van der Waals surface area contributed by atoms with Crippen molar-refractivity contribution in [1.82, 2.24) is 15.0 Å². The van der Waals surface area contributed by atoms with Gasteiger partial charge in [-0.25, -0.2) is 0 Å². The monoisotopic (exact) mass is 363 g/mol. The van der Waals surface area contributed by atoms with Gasteiger partial charge in [0.05, 0.1) is 0 Å². The highest BCUT2D eigenvalue weighted by Gasteiger charge is 2.33. The minimum atomic E-state index is -0.982. The van der Waals surface area contributed by atoms with Gasteiger partial charge in [-0.05, 0) is 43.5 Å². The van der Waals surface area contributed by atoms with Gasteiger partial charge in [-0.3, -0.25) is 9.59 Å². The van der Waals surface area contributed by atoms with Crippen LogP contribution in [0, 0.1) is 0 Å². The number of carbonyl (C=O) groups is 2. The van der Waals surface area contributed by atoms with Crippen molar-refractivity contribution in [2.24, 2.45) is 0 Å². The summed E-state index contributed by atoms with van der Waals surface area (Å²) < 4.78 is 5.20. The number of aliphatic carboxylic acids is 1. The molecule has 1 aromatic heterocycles. The lowest BCUT2D eigenvalue weighted by Gasteiger charge is -2.19. The van der Waals surface area contributed by atoms with E-state index in [1.54, 1.807) is 24.3 Å². The highest BCUT2D eigenvalue weighted by molar-refractivity contribution is 6.30. The third-order valence-corrected chi connectivity index (χ3v) is 4.22. The highest BCUT2D eigenvalue weighted by atomic mass is 35.5. The van der Waals surface area contributed by atoms with Crippen LogP contribution in [0.4, 0.5) is 0 Å². The zero-order chi connectivity index (χ0) is 17.8. The van der Waals surface area contributed by atoms with E-state index >= 15 is 0 Å². The lowest BCUT2D eigenvalue weighted by Crippen LogP contribution is -2.37. The molecular weight excluding hydrogens is 346 g/mol. The summed E-state index contributed by atoms with van der Waals surface area (Å²) in [6.07, 6.45) is 3.03. The molecule has 1 saturated carbocycles. The number of nitrogens with zero attached hydrogens (tertiary/aromatic N) is 3. The van der Waals surface area contributed by atoms with Crippen molar-refractivity contribution < 1.29 is 19.2 Å². The molecule has 8 heteroatoms. The average molecular weight is 364 g/mol. The van der Waals surface area contributed by atoms with E-state index in [-0.39, 0.29) is 24.9 Å².